The summed E-state index contributed by atoms with van der Waals surface area (Å²) in [6, 6.07) is 6.59. The number of nitrogens with zero attached hydrogens (tertiary/aromatic N) is 1. The predicted octanol–water partition coefficient (Wildman–Crippen LogP) is 4.58. The van der Waals surface area contributed by atoms with Gasteiger partial charge in [0.25, 0.3) is 0 Å². The molecule has 19 heavy (non-hydrogen) atoms. The van der Waals surface area contributed by atoms with Gasteiger partial charge in [0.15, 0.2) is 0 Å². The number of unbranched alkanes of at least 4 members (excludes halogenated alkanes) is 2. The summed E-state index contributed by atoms with van der Waals surface area (Å²) in [4.78, 5) is 2.38. The van der Waals surface area contributed by atoms with E-state index in [1.807, 2.05) is 0 Å². The summed E-state index contributed by atoms with van der Waals surface area (Å²) in [7, 11) is 2.20. The summed E-state index contributed by atoms with van der Waals surface area (Å²) in [5.41, 5.74) is 2.73. The van der Waals surface area contributed by atoms with E-state index < -0.39 is 0 Å². The third-order valence-corrected chi connectivity index (χ3v) is 3.79. The van der Waals surface area contributed by atoms with Gasteiger partial charge in [0, 0.05) is 30.3 Å². The van der Waals surface area contributed by atoms with Gasteiger partial charge in [-0.15, -0.1) is 0 Å². The minimum Gasteiger partial charge on any atom is -0.374 e. The first-order valence-electron chi connectivity index (χ1n) is 7.39. The lowest BCUT2D eigenvalue weighted by Gasteiger charge is -2.23. The number of hydrogen-bond acceptors (Lipinski definition) is 2. The van der Waals surface area contributed by atoms with Crippen molar-refractivity contribution in [1.82, 2.24) is 5.32 Å². The molecule has 1 aromatic rings. The lowest BCUT2D eigenvalue weighted by atomic mass is 10.1. The second-order valence-electron chi connectivity index (χ2n) is 5.08. The molecule has 0 aliphatic carbocycles. The Morgan fingerprint density at radius 2 is 1.95 bits per heavy atom. The molecule has 0 heterocycles. The van der Waals surface area contributed by atoms with Crippen LogP contribution < -0.4 is 10.2 Å². The van der Waals surface area contributed by atoms with Gasteiger partial charge in [-0.1, -0.05) is 42.6 Å². The Labute approximate surface area is 126 Å². The van der Waals surface area contributed by atoms with Gasteiger partial charge < -0.3 is 10.2 Å². The normalized spacial score (nSPS) is 10.7. The molecule has 0 spiro atoms. The number of anilines is 1. The van der Waals surface area contributed by atoms with E-state index in [9.17, 15) is 0 Å². The molecule has 0 aliphatic heterocycles. The maximum Gasteiger partial charge on any atom is 0.0410 e. The van der Waals surface area contributed by atoms with E-state index in [0.717, 1.165) is 24.1 Å². The number of benzene rings is 1. The molecule has 0 saturated carbocycles. The van der Waals surface area contributed by atoms with E-state index in [1.165, 1.54) is 36.9 Å². The Balaban J connectivity index is 2.68. The van der Waals surface area contributed by atoms with Gasteiger partial charge in [0.1, 0.15) is 0 Å². The van der Waals surface area contributed by atoms with Crippen LogP contribution >= 0.6 is 15.9 Å². The van der Waals surface area contributed by atoms with Crippen molar-refractivity contribution in [2.45, 2.75) is 46.1 Å². The molecular formula is C16H27BrN2. The zero-order valence-electron chi connectivity index (χ0n) is 12.5. The van der Waals surface area contributed by atoms with Gasteiger partial charge >= 0.3 is 0 Å². The van der Waals surface area contributed by atoms with E-state index in [4.69, 9.17) is 0 Å². The monoisotopic (exact) mass is 326 g/mol. The van der Waals surface area contributed by atoms with E-state index in [1.54, 1.807) is 0 Å². The molecule has 0 unspecified atom stereocenters. The highest BCUT2D eigenvalue weighted by molar-refractivity contribution is 9.10. The van der Waals surface area contributed by atoms with Gasteiger partial charge in [0.2, 0.25) is 0 Å². The predicted molar refractivity (Wildman–Crippen MR) is 88.9 cm³/mol. The van der Waals surface area contributed by atoms with Crippen molar-refractivity contribution in [3.8, 4) is 0 Å². The Kier molecular flexibility index (Phi) is 8.15. The van der Waals surface area contributed by atoms with Gasteiger partial charge in [-0.25, -0.2) is 0 Å². The lowest BCUT2D eigenvalue weighted by Crippen LogP contribution is -2.22. The SMILES string of the molecule is CCCCCN(C)c1ccc(Br)cc1CNCCC. The molecule has 0 aromatic heterocycles. The van der Waals surface area contributed by atoms with E-state index in [0.29, 0.717) is 0 Å². The van der Waals surface area contributed by atoms with E-state index in [-0.39, 0.29) is 0 Å². The van der Waals surface area contributed by atoms with Crippen molar-refractivity contribution in [1.29, 1.82) is 0 Å². The molecule has 0 saturated heterocycles. The average molecular weight is 327 g/mol. The Hall–Kier alpha value is -0.540. The number of hydrogen-bond donors (Lipinski definition) is 1. The van der Waals surface area contributed by atoms with Crippen molar-refractivity contribution in [3.63, 3.8) is 0 Å². The summed E-state index contributed by atoms with van der Waals surface area (Å²) in [6.45, 7) is 7.61. The Morgan fingerprint density at radius 1 is 1.16 bits per heavy atom. The third-order valence-electron chi connectivity index (χ3n) is 3.29. The summed E-state index contributed by atoms with van der Waals surface area (Å²) in [6.07, 6.45) is 5.03. The first-order chi connectivity index (χ1) is 9.19. The molecule has 1 rings (SSSR count). The second kappa shape index (κ2) is 9.38. The number of halogens is 1. The summed E-state index contributed by atoms with van der Waals surface area (Å²) in [5, 5.41) is 3.49. The molecule has 108 valence electrons. The van der Waals surface area contributed by atoms with Crippen LogP contribution in [0.25, 0.3) is 0 Å². The smallest absolute Gasteiger partial charge is 0.0410 e. The molecule has 0 aliphatic rings. The van der Waals surface area contributed by atoms with Crippen LogP contribution in [0, 0.1) is 0 Å². The van der Waals surface area contributed by atoms with Crippen molar-refractivity contribution < 1.29 is 0 Å². The van der Waals surface area contributed by atoms with E-state index >= 15 is 0 Å². The minimum absolute atomic E-state index is 0.945. The zero-order valence-corrected chi connectivity index (χ0v) is 14.1. The molecule has 0 atom stereocenters. The molecular weight excluding hydrogens is 300 g/mol. The fourth-order valence-corrected chi connectivity index (χ4v) is 2.60. The van der Waals surface area contributed by atoms with Crippen LogP contribution in [0.3, 0.4) is 0 Å². The highest BCUT2D eigenvalue weighted by Crippen LogP contribution is 2.24. The first kappa shape index (κ1) is 16.5. The lowest BCUT2D eigenvalue weighted by molar-refractivity contribution is 0.669. The van der Waals surface area contributed by atoms with Crippen molar-refractivity contribution in [3.05, 3.63) is 28.2 Å². The average Bonchev–Trinajstić information content (AvgIpc) is 2.39. The number of nitrogens with one attached hydrogen (secondary N) is 1. The van der Waals surface area contributed by atoms with Crippen molar-refractivity contribution in [2.24, 2.45) is 0 Å². The van der Waals surface area contributed by atoms with Crippen LogP contribution in [0.5, 0.6) is 0 Å². The van der Waals surface area contributed by atoms with Crippen LogP contribution in [0.2, 0.25) is 0 Å². The highest BCUT2D eigenvalue weighted by Gasteiger charge is 2.07. The standard InChI is InChI=1S/C16H27BrN2/c1-4-6-7-11-19(3)16-9-8-15(17)12-14(16)13-18-10-5-2/h8-9,12,18H,4-7,10-11,13H2,1-3H3. The van der Waals surface area contributed by atoms with Gasteiger partial charge in [-0.3, -0.25) is 0 Å². The summed E-state index contributed by atoms with van der Waals surface area (Å²) < 4.78 is 1.16. The van der Waals surface area contributed by atoms with Crippen molar-refractivity contribution in [2.75, 3.05) is 25.0 Å². The largest absolute Gasteiger partial charge is 0.374 e. The van der Waals surface area contributed by atoms with Gasteiger partial charge in [-0.05, 0) is 43.1 Å². The highest BCUT2D eigenvalue weighted by atomic mass is 79.9. The van der Waals surface area contributed by atoms with Crippen LogP contribution in [0.15, 0.2) is 22.7 Å². The molecule has 2 nitrogen and oxygen atoms in total. The Morgan fingerprint density at radius 3 is 2.63 bits per heavy atom. The maximum atomic E-state index is 3.57. The molecule has 0 radical (unpaired) electrons. The summed E-state index contributed by atoms with van der Waals surface area (Å²) in [5.74, 6) is 0. The molecule has 3 heteroatoms. The van der Waals surface area contributed by atoms with Crippen LogP contribution in [-0.2, 0) is 6.54 Å². The fraction of sp³-hybridized carbons (Fsp3) is 0.625. The Bertz CT molecular complexity index is 366. The quantitative estimate of drug-likeness (QED) is 0.668. The van der Waals surface area contributed by atoms with Crippen LogP contribution in [0.1, 0.15) is 45.1 Å². The molecule has 0 amide bonds. The second-order valence-corrected chi connectivity index (χ2v) is 5.99. The molecule has 0 fully saturated rings. The fourth-order valence-electron chi connectivity index (χ4n) is 2.19. The first-order valence-corrected chi connectivity index (χ1v) is 8.18. The molecule has 1 N–H and O–H groups in total. The van der Waals surface area contributed by atoms with Gasteiger partial charge in [0.05, 0.1) is 0 Å². The van der Waals surface area contributed by atoms with E-state index in [2.05, 4.69) is 65.2 Å². The minimum atomic E-state index is 0.945. The topological polar surface area (TPSA) is 15.3 Å². The zero-order chi connectivity index (χ0) is 14.1. The maximum absolute atomic E-state index is 3.57. The third kappa shape index (κ3) is 5.96. The van der Waals surface area contributed by atoms with Crippen molar-refractivity contribution >= 4 is 21.6 Å². The van der Waals surface area contributed by atoms with Gasteiger partial charge in [-0.2, -0.15) is 0 Å². The van der Waals surface area contributed by atoms with Crippen LogP contribution in [0.4, 0.5) is 5.69 Å². The summed E-state index contributed by atoms with van der Waals surface area (Å²) >= 11 is 3.57. The number of rotatable bonds is 9. The molecule has 1 aromatic carbocycles. The molecule has 0 bridgehead atoms. The van der Waals surface area contributed by atoms with Crippen LogP contribution in [-0.4, -0.2) is 20.1 Å².